The quantitative estimate of drug-likeness (QED) is 0.633. The summed E-state index contributed by atoms with van der Waals surface area (Å²) in [6.45, 7) is 1.75. The van der Waals surface area contributed by atoms with Crippen LogP contribution >= 0.6 is 23.8 Å². The van der Waals surface area contributed by atoms with Gasteiger partial charge < -0.3 is 24.8 Å². The lowest BCUT2D eigenvalue weighted by Gasteiger charge is -2.30. The molecule has 1 atom stereocenters. The molecule has 1 aliphatic heterocycles. The number of thiocarbonyl (C=S) groups is 1. The Morgan fingerprint density at radius 1 is 1.22 bits per heavy atom. The zero-order chi connectivity index (χ0) is 17.1. The first-order chi connectivity index (χ1) is 10.9. The van der Waals surface area contributed by atoms with Crippen molar-refractivity contribution in [1.29, 1.82) is 0 Å². The number of hydrogen-bond acceptors (Lipinski definition) is 5. The van der Waals surface area contributed by atoms with Crippen molar-refractivity contribution in [2.24, 2.45) is 0 Å². The first kappa shape index (κ1) is 17.4. The summed E-state index contributed by atoms with van der Waals surface area (Å²) in [7, 11) is 4.37. The Balaban J connectivity index is 2.60. The van der Waals surface area contributed by atoms with Crippen molar-refractivity contribution in [3.05, 3.63) is 34.0 Å². The Hall–Kier alpha value is -1.99. The number of rotatable bonds is 4. The van der Waals surface area contributed by atoms with Crippen molar-refractivity contribution in [2.45, 2.75) is 13.0 Å². The van der Waals surface area contributed by atoms with Crippen LogP contribution in [0.25, 0.3) is 0 Å². The van der Waals surface area contributed by atoms with E-state index in [0.717, 1.165) is 0 Å². The maximum absolute atomic E-state index is 12.2. The number of nitrogens with one attached hydrogen (secondary N) is 2. The van der Waals surface area contributed by atoms with Gasteiger partial charge >= 0.3 is 5.97 Å². The van der Waals surface area contributed by atoms with Crippen molar-refractivity contribution in [3.63, 3.8) is 0 Å². The van der Waals surface area contributed by atoms with Gasteiger partial charge in [0.15, 0.2) is 16.6 Å². The molecule has 2 rings (SSSR count). The van der Waals surface area contributed by atoms with Gasteiger partial charge in [-0.25, -0.2) is 4.79 Å². The number of halogens is 1. The van der Waals surface area contributed by atoms with Crippen LogP contribution < -0.4 is 20.1 Å². The molecule has 0 fully saturated rings. The van der Waals surface area contributed by atoms with Crippen LogP contribution in [-0.2, 0) is 9.53 Å². The highest BCUT2D eigenvalue weighted by molar-refractivity contribution is 7.80. The zero-order valence-corrected chi connectivity index (χ0v) is 14.7. The van der Waals surface area contributed by atoms with Gasteiger partial charge in [0.2, 0.25) is 0 Å². The minimum atomic E-state index is -0.552. The molecule has 0 spiro atoms. The van der Waals surface area contributed by atoms with E-state index in [-0.39, 0.29) is 0 Å². The van der Waals surface area contributed by atoms with Gasteiger partial charge in [0.25, 0.3) is 0 Å². The van der Waals surface area contributed by atoms with Gasteiger partial charge in [-0.1, -0.05) is 11.6 Å². The summed E-state index contributed by atoms with van der Waals surface area (Å²) >= 11 is 11.5. The summed E-state index contributed by atoms with van der Waals surface area (Å²) in [6.07, 6.45) is 0. The average molecular weight is 357 g/mol. The van der Waals surface area contributed by atoms with Crippen molar-refractivity contribution in [2.75, 3.05) is 21.3 Å². The number of hydrogen-bond donors (Lipinski definition) is 2. The van der Waals surface area contributed by atoms with Gasteiger partial charge in [0.1, 0.15) is 0 Å². The SMILES string of the molecule is COC(=O)C1=C(C)NC(=S)N[C@@H]1c1cc(OC)c(OC)cc1Cl. The maximum atomic E-state index is 12.2. The number of esters is 1. The third-order valence-electron chi connectivity index (χ3n) is 3.49. The second kappa shape index (κ2) is 7.06. The fourth-order valence-corrected chi connectivity index (χ4v) is 2.93. The van der Waals surface area contributed by atoms with Gasteiger partial charge in [0, 0.05) is 17.3 Å². The first-order valence-corrected chi connectivity index (χ1v) is 7.49. The third-order valence-corrected chi connectivity index (χ3v) is 4.04. The second-order valence-electron chi connectivity index (χ2n) is 4.79. The van der Waals surface area contributed by atoms with Crippen LogP contribution in [-0.4, -0.2) is 32.4 Å². The third kappa shape index (κ3) is 3.35. The molecule has 0 unspecified atom stereocenters. The van der Waals surface area contributed by atoms with E-state index in [0.29, 0.717) is 38.5 Å². The number of carbonyl (C=O) groups excluding carboxylic acids is 1. The molecule has 23 heavy (non-hydrogen) atoms. The number of methoxy groups -OCH3 is 3. The van der Waals surface area contributed by atoms with Gasteiger partial charge in [-0.05, 0) is 25.2 Å². The highest BCUT2D eigenvalue weighted by Crippen LogP contribution is 2.39. The summed E-state index contributed by atoms with van der Waals surface area (Å²) in [5.74, 6) is 0.527. The zero-order valence-electron chi connectivity index (χ0n) is 13.2. The molecule has 1 heterocycles. The summed E-state index contributed by atoms with van der Waals surface area (Å²) in [5.41, 5.74) is 1.64. The lowest BCUT2D eigenvalue weighted by atomic mass is 9.95. The molecule has 0 amide bonds. The van der Waals surface area contributed by atoms with Crippen LogP contribution in [0.5, 0.6) is 11.5 Å². The minimum absolute atomic E-state index is 0.394. The molecule has 8 heteroatoms. The lowest BCUT2D eigenvalue weighted by molar-refractivity contribution is -0.136. The topological polar surface area (TPSA) is 68.8 Å². The van der Waals surface area contributed by atoms with Crippen molar-refractivity contribution in [1.82, 2.24) is 10.6 Å². The van der Waals surface area contributed by atoms with E-state index in [1.165, 1.54) is 21.3 Å². The van der Waals surface area contributed by atoms with E-state index in [2.05, 4.69) is 10.6 Å². The predicted molar refractivity (Wildman–Crippen MR) is 90.9 cm³/mol. The average Bonchev–Trinajstić information content (AvgIpc) is 2.53. The summed E-state index contributed by atoms with van der Waals surface area (Å²) in [6, 6.07) is 2.79. The number of carbonyl (C=O) groups is 1. The van der Waals surface area contributed by atoms with E-state index in [1.54, 1.807) is 19.1 Å². The van der Waals surface area contributed by atoms with Gasteiger partial charge in [0.05, 0.1) is 38.0 Å². The van der Waals surface area contributed by atoms with Crippen molar-refractivity contribution < 1.29 is 19.0 Å². The highest BCUT2D eigenvalue weighted by atomic mass is 35.5. The molecule has 1 aliphatic rings. The lowest BCUT2D eigenvalue weighted by Crippen LogP contribution is -2.45. The fraction of sp³-hybridized carbons (Fsp3) is 0.333. The second-order valence-corrected chi connectivity index (χ2v) is 5.61. The molecule has 0 saturated heterocycles. The molecule has 6 nitrogen and oxygen atoms in total. The molecule has 1 aromatic carbocycles. The molecule has 0 bridgehead atoms. The van der Waals surface area contributed by atoms with Gasteiger partial charge in [-0.3, -0.25) is 0 Å². The van der Waals surface area contributed by atoms with Crippen LogP contribution in [0.1, 0.15) is 18.5 Å². The summed E-state index contributed by atoms with van der Waals surface area (Å²) in [4.78, 5) is 12.2. The molecule has 1 aromatic rings. The highest BCUT2D eigenvalue weighted by Gasteiger charge is 2.32. The monoisotopic (exact) mass is 356 g/mol. The van der Waals surface area contributed by atoms with E-state index in [9.17, 15) is 4.79 Å². The Kier molecular flexibility index (Phi) is 5.33. The van der Waals surface area contributed by atoms with E-state index >= 15 is 0 Å². The Morgan fingerprint density at radius 2 is 1.83 bits per heavy atom. The maximum Gasteiger partial charge on any atom is 0.337 e. The van der Waals surface area contributed by atoms with Gasteiger partial charge in [-0.15, -0.1) is 0 Å². The molecular weight excluding hydrogens is 340 g/mol. The number of ether oxygens (including phenoxy) is 3. The van der Waals surface area contributed by atoms with Crippen LogP contribution in [0.3, 0.4) is 0 Å². The first-order valence-electron chi connectivity index (χ1n) is 6.71. The summed E-state index contributed by atoms with van der Waals surface area (Å²) < 4.78 is 15.4. The molecule has 124 valence electrons. The van der Waals surface area contributed by atoms with E-state index in [4.69, 9.17) is 38.0 Å². The smallest absolute Gasteiger partial charge is 0.337 e. The number of allylic oxidation sites excluding steroid dienone is 1. The Bertz CT molecular complexity index is 690. The summed E-state index contributed by atoms with van der Waals surface area (Å²) in [5, 5.41) is 6.76. The van der Waals surface area contributed by atoms with E-state index in [1.807, 2.05) is 0 Å². The molecular formula is C15H17ClN2O4S. The molecule has 0 aliphatic carbocycles. The molecule has 0 radical (unpaired) electrons. The van der Waals surface area contributed by atoms with Crippen LogP contribution in [0.4, 0.5) is 0 Å². The van der Waals surface area contributed by atoms with Crippen molar-refractivity contribution >= 4 is 34.9 Å². The standard InChI is InChI=1S/C15H17ClN2O4S/c1-7-12(14(19)22-4)13(18-15(23)17-7)8-5-10(20-2)11(21-3)6-9(8)16/h5-6,13H,1-4H3,(H2,17,18,23)/t13-/m1/s1. The largest absolute Gasteiger partial charge is 0.493 e. The molecule has 0 saturated carbocycles. The predicted octanol–water partition coefficient (Wildman–Crippen LogP) is 2.32. The molecule has 2 N–H and O–H groups in total. The normalized spacial score (nSPS) is 17.3. The van der Waals surface area contributed by atoms with Crippen LogP contribution in [0.2, 0.25) is 5.02 Å². The van der Waals surface area contributed by atoms with Crippen molar-refractivity contribution in [3.8, 4) is 11.5 Å². The minimum Gasteiger partial charge on any atom is -0.493 e. The molecule has 0 aromatic heterocycles. The van der Waals surface area contributed by atoms with Gasteiger partial charge in [-0.2, -0.15) is 0 Å². The fourth-order valence-electron chi connectivity index (χ4n) is 2.40. The Labute approximate surface area is 144 Å². The number of benzene rings is 1. The van der Waals surface area contributed by atoms with Crippen LogP contribution in [0.15, 0.2) is 23.4 Å². The van der Waals surface area contributed by atoms with E-state index < -0.39 is 12.0 Å². The van der Waals surface area contributed by atoms with Crippen LogP contribution in [0, 0.1) is 0 Å². The Morgan fingerprint density at radius 3 is 2.39 bits per heavy atom.